The zero-order valence-electron chi connectivity index (χ0n) is 12.1. The molecule has 2 rings (SSSR count). The predicted molar refractivity (Wildman–Crippen MR) is 74.1 cm³/mol. The first-order valence-electron chi connectivity index (χ1n) is 6.78. The van der Waals surface area contributed by atoms with E-state index in [9.17, 15) is 0 Å². The predicted octanol–water partition coefficient (Wildman–Crippen LogP) is 2.10. The third-order valence-corrected chi connectivity index (χ3v) is 2.70. The Bertz CT molecular complexity index is 535. The molecule has 20 heavy (non-hydrogen) atoms. The highest BCUT2D eigenvalue weighted by Gasteiger charge is 2.15. The lowest BCUT2D eigenvalue weighted by Crippen LogP contribution is -2.09. The molecule has 2 aromatic rings. The minimum absolute atomic E-state index is 0.454. The van der Waals surface area contributed by atoms with Gasteiger partial charge in [0.1, 0.15) is 5.69 Å². The topological polar surface area (TPSA) is 62.1 Å². The van der Waals surface area contributed by atoms with Crippen molar-refractivity contribution >= 4 is 0 Å². The number of aromatic nitrogens is 4. The number of hydrogen-bond acceptors (Lipinski definition) is 5. The van der Waals surface area contributed by atoms with E-state index in [1.54, 1.807) is 4.68 Å². The number of rotatable bonds is 7. The van der Waals surface area contributed by atoms with Gasteiger partial charge in [-0.3, -0.25) is 4.98 Å². The van der Waals surface area contributed by atoms with Gasteiger partial charge in [-0.1, -0.05) is 11.3 Å². The standard InChI is InChI=1S/C14H20N4O2/c1-4-19-14(20-5-2)13-10-18(17-16-13)9-12-8-6-7-11(3)15-12/h6-8,10,14H,4-5,9H2,1-3H3. The van der Waals surface area contributed by atoms with Gasteiger partial charge in [-0.2, -0.15) is 0 Å². The molecule has 2 aromatic heterocycles. The Morgan fingerprint density at radius 1 is 1.20 bits per heavy atom. The molecule has 0 unspecified atom stereocenters. The van der Waals surface area contributed by atoms with Crippen molar-refractivity contribution in [2.75, 3.05) is 13.2 Å². The molecule has 0 fully saturated rings. The van der Waals surface area contributed by atoms with E-state index in [-0.39, 0.29) is 0 Å². The zero-order valence-corrected chi connectivity index (χ0v) is 12.1. The molecule has 0 aliphatic rings. The van der Waals surface area contributed by atoms with E-state index in [0.29, 0.717) is 25.5 Å². The Balaban J connectivity index is 2.07. The van der Waals surface area contributed by atoms with Gasteiger partial charge in [0.2, 0.25) is 6.29 Å². The fraction of sp³-hybridized carbons (Fsp3) is 0.500. The largest absolute Gasteiger partial charge is 0.347 e. The summed E-state index contributed by atoms with van der Waals surface area (Å²) < 4.78 is 12.7. The molecule has 2 heterocycles. The highest BCUT2D eigenvalue weighted by molar-refractivity contribution is 5.10. The lowest BCUT2D eigenvalue weighted by Gasteiger charge is -2.13. The molecule has 0 aromatic carbocycles. The van der Waals surface area contributed by atoms with E-state index < -0.39 is 6.29 Å². The minimum Gasteiger partial charge on any atom is -0.347 e. The Labute approximate surface area is 118 Å². The lowest BCUT2D eigenvalue weighted by atomic mass is 10.3. The van der Waals surface area contributed by atoms with Crippen molar-refractivity contribution in [2.45, 2.75) is 33.6 Å². The van der Waals surface area contributed by atoms with Crippen molar-refractivity contribution in [2.24, 2.45) is 0 Å². The van der Waals surface area contributed by atoms with E-state index in [1.165, 1.54) is 0 Å². The molecule has 0 radical (unpaired) electrons. The van der Waals surface area contributed by atoms with Gasteiger partial charge in [0.05, 0.1) is 18.4 Å². The van der Waals surface area contributed by atoms with Crippen LogP contribution in [0.3, 0.4) is 0 Å². The van der Waals surface area contributed by atoms with Crippen molar-refractivity contribution in [1.29, 1.82) is 0 Å². The third kappa shape index (κ3) is 3.85. The van der Waals surface area contributed by atoms with Gasteiger partial charge in [0.25, 0.3) is 0 Å². The molecule has 6 nitrogen and oxygen atoms in total. The first kappa shape index (κ1) is 14.6. The second-order valence-electron chi connectivity index (χ2n) is 4.35. The number of ether oxygens (including phenoxy) is 2. The number of nitrogens with zero attached hydrogens (tertiary/aromatic N) is 4. The van der Waals surface area contributed by atoms with Crippen molar-refractivity contribution in [1.82, 2.24) is 20.0 Å². The van der Waals surface area contributed by atoms with Crippen molar-refractivity contribution in [3.63, 3.8) is 0 Å². The van der Waals surface area contributed by atoms with Crippen molar-refractivity contribution in [3.8, 4) is 0 Å². The first-order chi connectivity index (χ1) is 9.72. The molecule has 0 N–H and O–H groups in total. The van der Waals surface area contributed by atoms with E-state index in [1.807, 2.05) is 45.2 Å². The maximum absolute atomic E-state index is 5.50. The van der Waals surface area contributed by atoms with Crippen LogP contribution in [0.5, 0.6) is 0 Å². The minimum atomic E-state index is -0.454. The van der Waals surface area contributed by atoms with Gasteiger partial charge in [-0.05, 0) is 32.9 Å². The summed E-state index contributed by atoms with van der Waals surface area (Å²) in [5, 5.41) is 8.20. The molecular weight excluding hydrogens is 256 g/mol. The van der Waals surface area contributed by atoms with E-state index >= 15 is 0 Å². The van der Waals surface area contributed by atoms with Crippen molar-refractivity contribution < 1.29 is 9.47 Å². The fourth-order valence-electron chi connectivity index (χ4n) is 1.87. The first-order valence-corrected chi connectivity index (χ1v) is 6.78. The van der Waals surface area contributed by atoms with E-state index in [2.05, 4.69) is 15.3 Å². The van der Waals surface area contributed by atoms with Gasteiger partial charge in [-0.25, -0.2) is 4.68 Å². The second-order valence-corrected chi connectivity index (χ2v) is 4.35. The summed E-state index contributed by atoms with van der Waals surface area (Å²) in [5.74, 6) is 0. The third-order valence-electron chi connectivity index (χ3n) is 2.70. The number of hydrogen-bond donors (Lipinski definition) is 0. The normalized spacial score (nSPS) is 11.2. The molecule has 0 amide bonds. The molecule has 0 saturated carbocycles. The summed E-state index contributed by atoms with van der Waals surface area (Å²) in [7, 11) is 0. The summed E-state index contributed by atoms with van der Waals surface area (Å²) in [6.45, 7) is 7.53. The van der Waals surface area contributed by atoms with Crippen LogP contribution in [0.4, 0.5) is 0 Å². The summed E-state index contributed by atoms with van der Waals surface area (Å²) in [6, 6.07) is 5.92. The molecule has 0 atom stereocenters. The lowest BCUT2D eigenvalue weighted by molar-refractivity contribution is -0.142. The molecule has 0 bridgehead atoms. The van der Waals surface area contributed by atoms with Crippen LogP contribution in [-0.2, 0) is 16.0 Å². The van der Waals surface area contributed by atoms with Crippen molar-refractivity contribution in [3.05, 3.63) is 41.5 Å². The van der Waals surface area contributed by atoms with E-state index in [0.717, 1.165) is 11.4 Å². The molecule has 0 spiro atoms. The maximum Gasteiger partial charge on any atom is 0.204 e. The number of pyridine rings is 1. The smallest absolute Gasteiger partial charge is 0.204 e. The summed E-state index contributed by atoms with van der Waals surface area (Å²) in [4.78, 5) is 4.44. The van der Waals surface area contributed by atoms with Crippen LogP contribution in [-0.4, -0.2) is 33.2 Å². The van der Waals surface area contributed by atoms with Gasteiger partial charge < -0.3 is 9.47 Å². The molecule has 108 valence electrons. The van der Waals surface area contributed by atoms with E-state index in [4.69, 9.17) is 9.47 Å². The van der Waals surface area contributed by atoms with Crippen LogP contribution in [0.15, 0.2) is 24.4 Å². The Morgan fingerprint density at radius 2 is 1.95 bits per heavy atom. The molecule has 0 saturated heterocycles. The SMILES string of the molecule is CCOC(OCC)c1cn(Cc2cccc(C)n2)nn1. The number of aryl methyl sites for hydroxylation is 1. The Morgan fingerprint density at radius 3 is 2.60 bits per heavy atom. The van der Waals surface area contributed by atoms with Crippen LogP contribution in [0, 0.1) is 6.92 Å². The molecule has 0 aliphatic carbocycles. The molecule has 6 heteroatoms. The van der Waals surface area contributed by atoms with Gasteiger partial charge in [0, 0.05) is 18.9 Å². The van der Waals surface area contributed by atoms with Crippen LogP contribution in [0.1, 0.15) is 37.2 Å². The molecular formula is C14H20N4O2. The summed E-state index contributed by atoms with van der Waals surface area (Å²) in [6.07, 6.45) is 1.38. The van der Waals surface area contributed by atoms with Gasteiger partial charge in [-0.15, -0.1) is 5.10 Å². The van der Waals surface area contributed by atoms with Gasteiger partial charge in [0.15, 0.2) is 0 Å². The quantitative estimate of drug-likeness (QED) is 0.725. The fourth-order valence-corrected chi connectivity index (χ4v) is 1.87. The van der Waals surface area contributed by atoms with Crippen LogP contribution >= 0.6 is 0 Å². The Kier molecular flexibility index (Phi) is 5.20. The van der Waals surface area contributed by atoms with Crippen LogP contribution in [0.25, 0.3) is 0 Å². The second kappa shape index (κ2) is 7.12. The summed E-state index contributed by atoms with van der Waals surface area (Å²) in [5.41, 5.74) is 2.62. The highest BCUT2D eigenvalue weighted by Crippen LogP contribution is 2.16. The van der Waals surface area contributed by atoms with Gasteiger partial charge >= 0.3 is 0 Å². The van der Waals surface area contributed by atoms with Crippen LogP contribution < -0.4 is 0 Å². The average molecular weight is 276 g/mol. The average Bonchev–Trinajstić information content (AvgIpc) is 2.87. The maximum atomic E-state index is 5.50. The monoisotopic (exact) mass is 276 g/mol. The highest BCUT2D eigenvalue weighted by atomic mass is 16.7. The summed E-state index contributed by atoms with van der Waals surface area (Å²) >= 11 is 0. The van der Waals surface area contributed by atoms with Crippen LogP contribution in [0.2, 0.25) is 0 Å². The zero-order chi connectivity index (χ0) is 14.4. The Hall–Kier alpha value is -1.79. The molecule has 0 aliphatic heterocycles.